The third-order valence-corrected chi connectivity index (χ3v) is 3.49. The van der Waals surface area contributed by atoms with Crippen molar-refractivity contribution in [1.29, 1.82) is 0 Å². The largest absolute Gasteiger partial charge is 0.448 e. The SMILES string of the molecule is CSCC(C)c1nc(-c2coc(C(C)(C)C)n2)no1. The van der Waals surface area contributed by atoms with E-state index in [1.54, 1.807) is 18.0 Å². The molecule has 0 fully saturated rings. The van der Waals surface area contributed by atoms with Crippen LogP contribution in [0.25, 0.3) is 11.5 Å². The van der Waals surface area contributed by atoms with E-state index in [-0.39, 0.29) is 11.3 Å². The van der Waals surface area contributed by atoms with Gasteiger partial charge in [0.25, 0.3) is 0 Å². The van der Waals surface area contributed by atoms with Crippen molar-refractivity contribution >= 4 is 11.8 Å². The number of hydrogen-bond acceptors (Lipinski definition) is 6. The van der Waals surface area contributed by atoms with E-state index < -0.39 is 0 Å². The summed E-state index contributed by atoms with van der Waals surface area (Å²) >= 11 is 1.76. The summed E-state index contributed by atoms with van der Waals surface area (Å²) in [6.45, 7) is 8.21. The molecule has 0 bridgehead atoms. The summed E-state index contributed by atoms with van der Waals surface area (Å²) in [6, 6.07) is 0. The van der Waals surface area contributed by atoms with Crippen molar-refractivity contribution in [3.63, 3.8) is 0 Å². The highest BCUT2D eigenvalue weighted by atomic mass is 32.2. The number of oxazole rings is 1. The Labute approximate surface area is 117 Å². The second-order valence-electron chi connectivity index (χ2n) is 5.60. The lowest BCUT2D eigenvalue weighted by Gasteiger charge is -2.11. The number of nitrogens with zero attached hydrogens (tertiary/aromatic N) is 3. The van der Waals surface area contributed by atoms with Crippen LogP contribution >= 0.6 is 11.8 Å². The molecule has 0 spiro atoms. The van der Waals surface area contributed by atoms with E-state index in [4.69, 9.17) is 8.94 Å². The quantitative estimate of drug-likeness (QED) is 0.854. The third kappa shape index (κ3) is 3.18. The van der Waals surface area contributed by atoms with Gasteiger partial charge < -0.3 is 8.94 Å². The molecule has 1 atom stereocenters. The molecule has 0 saturated carbocycles. The van der Waals surface area contributed by atoms with Gasteiger partial charge in [-0.25, -0.2) is 4.98 Å². The lowest BCUT2D eigenvalue weighted by atomic mass is 9.97. The highest BCUT2D eigenvalue weighted by Crippen LogP contribution is 2.25. The first-order valence-corrected chi connectivity index (χ1v) is 7.60. The van der Waals surface area contributed by atoms with E-state index in [0.717, 1.165) is 5.75 Å². The van der Waals surface area contributed by atoms with Gasteiger partial charge in [-0.3, -0.25) is 0 Å². The van der Waals surface area contributed by atoms with Crippen molar-refractivity contribution in [2.45, 2.75) is 39.0 Å². The van der Waals surface area contributed by atoms with Crippen molar-refractivity contribution in [3.8, 4) is 11.5 Å². The summed E-state index contributed by atoms with van der Waals surface area (Å²) in [5.41, 5.74) is 0.494. The summed E-state index contributed by atoms with van der Waals surface area (Å²) in [5, 5.41) is 3.97. The van der Waals surface area contributed by atoms with Gasteiger partial charge >= 0.3 is 0 Å². The molecule has 0 aliphatic heterocycles. The molecule has 0 aliphatic carbocycles. The van der Waals surface area contributed by atoms with E-state index in [1.807, 2.05) is 20.8 Å². The topological polar surface area (TPSA) is 65.0 Å². The Morgan fingerprint density at radius 1 is 1.32 bits per heavy atom. The van der Waals surface area contributed by atoms with Gasteiger partial charge in [-0.15, -0.1) is 0 Å². The summed E-state index contributed by atoms with van der Waals surface area (Å²) in [5.74, 6) is 3.00. The first-order chi connectivity index (χ1) is 8.91. The number of rotatable bonds is 4. The summed E-state index contributed by atoms with van der Waals surface area (Å²) in [6.07, 6.45) is 3.63. The van der Waals surface area contributed by atoms with Crippen molar-refractivity contribution in [2.75, 3.05) is 12.0 Å². The number of thioether (sulfide) groups is 1. The van der Waals surface area contributed by atoms with E-state index in [9.17, 15) is 0 Å². The van der Waals surface area contributed by atoms with Crippen LogP contribution in [0.5, 0.6) is 0 Å². The lowest BCUT2D eigenvalue weighted by Crippen LogP contribution is -2.11. The maximum Gasteiger partial charge on any atom is 0.230 e. The first kappa shape index (κ1) is 14.1. The van der Waals surface area contributed by atoms with Crippen LogP contribution in [0, 0.1) is 0 Å². The van der Waals surface area contributed by atoms with Crippen LogP contribution in [0.4, 0.5) is 0 Å². The molecular weight excluding hydrogens is 262 g/mol. The van der Waals surface area contributed by atoms with Crippen LogP contribution in [-0.4, -0.2) is 27.1 Å². The lowest BCUT2D eigenvalue weighted by molar-refractivity contribution is 0.367. The second kappa shape index (κ2) is 5.36. The number of aromatic nitrogens is 3. The van der Waals surface area contributed by atoms with Gasteiger partial charge in [-0.2, -0.15) is 16.7 Å². The molecule has 6 heteroatoms. The van der Waals surface area contributed by atoms with Gasteiger partial charge in [0.15, 0.2) is 5.89 Å². The van der Waals surface area contributed by atoms with Crippen LogP contribution in [0.2, 0.25) is 0 Å². The average molecular weight is 281 g/mol. The maximum absolute atomic E-state index is 5.46. The Bertz CT molecular complexity index is 542. The Morgan fingerprint density at radius 3 is 2.63 bits per heavy atom. The minimum absolute atomic E-state index is 0.128. The minimum atomic E-state index is -0.128. The molecule has 0 N–H and O–H groups in total. The Kier molecular flexibility index (Phi) is 3.99. The van der Waals surface area contributed by atoms with Crippen molar-refractivity contribution in [1.82, 2.24) is 15.1 Å². The van der Waals surface area contributed by atoms with Gasteiger partial charge in [0.1, 0.15) is 12.0 Å². The van der Waals surface area contributed by atoms with Crippen LogP contribution < -0.4 is 0 Å². The minimum Gasteiger partial charge on any atom is -0.448 e. The smallest absolute Gasteiger partial charge is 0.230 e. The molecule has 2 aromatic rings. The number of hydrogen-bond donors (Lipinski definition) is 0. The van der Waals surface area contributed by atoms with E-state index >= 15 is 0 Å². The molecular formula is C13H19N3O2S. The fraction of sp³-hybridized carbons (Fsp3) is 0.615. The second-order valence-corrected chi connectivity index (χ2v) is 6.51. The molecule has 2 rings (SSSR count). The molecule has 5 nitrogen and oxygen atoms in total. The van der Waals surface area contributed by atoms with Crippen molar-refractivity contribution in [3.05, 3.63) is 18.0 Å². The van der Waals surface area contributed by atoms with Crippen LogP contribution in [0.1, 0.15) is 45.4 Å². The fourth-order valence-electron chi connectivity index (χ4n) is 1.58. The van der Waals surface area contributed by atoms with Crippen LogP contribution in [-0.2, 0) is 5.41 Å². The monoisotopic (exact) mass is 281 g/mol. The van der Waals surface area contributed by atoms with Gasteiger partial charge in [-0.1, -0.05) is 32.9 Å². The zero-order valence-corrected chi connectivity index (χ0v) is 12.7. The maximum atomic E-state index is 5.46. The first-order valence-electron chi connectivity index (χ1n) is 6.20. The molecule has 19 heavy (non-hydrogen) atoms. The highest BCUT2D eigenvalue weighted by molar-refractivity contribution is 7.98. The third-order valence-electron chi connectivity index (χ3n) is 2.65. The molecule has 2 aromatic heterocycles. The van der Waals surface area contributed by atoms with Gasteiger partial charge in [-0.05, 0) is 6.26 Å². The zero-order chi connectivity index (χ0) is 14.0. The standard InChI is InChI=1S/C13H19N3O2S/c1-8(7-19-5)11-15-10(16-18-11)9-6-17-12(14-9)13(2,3)4/h6,8H,7H2,1-5H3. The molecule has 0 saturated heterocycles. The van der Waals surface area contributed by atoms with Gasteiger partial charge in [0.05, 0.1) is 0 Å². The Morgan fingerprint density at radius 2 is 2.05 bits per heavy atom. The summed E-state index contributed by atoms with van der Waals surface area (Å²) in [7, 11) is 0. The van der Waals surface area contributed by atoms with Crippen LogP contribution in [0.15, 0.2) is 15.2 Å². The normalized spacial score (nSPS) is 13.7. The summed E-state index contributed by atoms with van der Waals surface area (Å²) in [4.78, 5) is 8.79. The van der Waals surface area contributed by atoms with Crippen molar-refractivity contribution in [2.24, 2.45) is 0 Å². The van der Waals surface area contributed by atoms with Gasteiger partial charge in [0, 0.05) is 17.1 Å². The highest BCUT2D eigenvalue weighted by Gasteiger charge is 2.23. The molecule has 0 amide bonds. The molecule has 104 valence electrons. The van der Waals surface area contributed by atoms with E-state index in [0.29, 0.717) is 23.3 Å². The predicted octanol–water partition coefficient (Wildman–Crippen LogP) is 3.49. The molecule has 1 unspecified atom stereocenters. The molecule has 0 aromatic carbocycles. The van der Waals surface area contributed by atoms with Crippen molar-refractivity contribution < 1.29 is 8.94 Å². The molecule has 0 aliphatic rings. The average Bonchev–Trinajstić information content (AvgIpc) is 2.97. The Balaban J connectivity index is 2.21. The zero-order valence-electron chi connectivity index (χ0n) is 11.9. The summed E-state index contributed by atoms with van der Waals surface area (Å²) < 4.78 is 10.7. The van der Waals surface area contributed by atoms with E-state index in [1.165, 1.54) is 0 Å². The van der Waals surface area contributed by atoms with Gasteiger partial charge in [0.2, 0.25) is 11.7 Å². The predicted molar refractivity (Wildman–Crippen MR) is 75.3 cm³/mol. The van der Waals surface area contributed by atoms with E-state index in [2.05, 4.69) is 28.3 Å². The molecule has 0 radical (unpaired) electrons. The van der Waals surface area contributed by atoms with Crippen LogP contribution in [0.3, 0.4) is 0 Å². The molecule has 2 heterocycles. The Hall–Kier alpha value is -1.30. The fourth-order valence-corrected chi connectivity index (χ4v) is 2.22.